The lowest BCUT2D eigenvalue weighted by Crippen LogP contribution is -2.31. The molecule has 0 aliphatic carbocycles. The molecular formula is C11H16O4. The first kappa shape index (κ1) is 11.8. The van der Waals surface area contributed by atoms with Crippen LogP contribution in [0.5, 0.6) is 0 Å². The quantitative estimate of drug-likeness (QED) is 0.667. The molecule has 84 valence electrons. The molecule has 0 fully saturated rings. The second kappa shape index (κ2) is 4.47. The maximum Gasteiger partial charge on any atom is 0.313 e. The SMILES string of the molecule is CCOC(=O)CC1=CC(=O)CC(C)(C)O1. The van der Waals surface area contributed by atoms with Gasteiger partial charge in [0, 0.05) is 12.5 Å². The Morgan fingerprint density at radius 3 is 2.80 bits per heavy atom. The molecule has 0 aromatic heterocycles. The number of carbonyl (C=O) groups is 2. The van der Waals surface area contributed by atoms with Crippen molar-refractivity contribution in [3.8, 4) is 0 Å². The smallest absolute Gasteiger partial charge is 0.313 e. The molecule has 0 bridgehead atoms. The molecule has 0 aromatic rings. The molecule has 0 radical (unpaired) electrons. The molecule has 1 heterocycles. The lowest BCUT2D eigenvalue weighted by atomic mass is 9.98. The Balaban J connectivity index is 2.62. The van der Waals surface area contributed by atoms with Gasteiger partial charge in [-0.25, -0.2) is 0 Å². The van der Waals surface area contributed by atoms with Gasteiger partial charge in [0.1, 0.15) is 17.8 Å². The van der Waals surface area contributed by atoms with Crippen molar-refractivity contribution in [2.75, 3.05) is 6.61 Å². The van der Waals surface area contributed by atoms with Crippen molar-refractivity contribution in [2.24, 2.45) is 0 Å². The third-order valence-corrected chi connectivity index (χ3v) is 1.95. The first-order chi connectivity index (χ1) is 6.93. The van der Waals surface area contributed by atoms with E-state index in [0.29, 0.717) is 18.8 Å². The summed E-state index contributed by atoms with van der Waals surface area (Å²) in [6.07, 6.45) is 1.75. The third kappa shape index (κ3) is 3.73. The predicted molar refractivity (Wildman–Crippen MR) is 54.1 cm³/mol. The van der Waals surface area contributed by atoms with Crippen molar-refractivity contribution >= 4 is 11.8 Å². The molecular weight excluding hydrogens is 196 g/mol. The van der Waals surface area contributed by atoms with Gasteiger partial charge >= 0.3 is 5.97 Å². The summed E-state index contributed by atoms with van der Waals surface area (Å²) in [5.74, 6) is 0.0227. The molecule has 4 heteroatoms. The summed E-state index contributed by atoms with van der Waals surface area (Å²) < 4.78 is 10.3. The largest absolute Gasteiger partial charge is 0.491 e. The summed E-state index contributed by atoms with van der Waals surface area (Å²) in [5.41, 5.74) is -0.520. The van der Waals surface area contributed by atoms with E-state index in [9.17, 15) is 9.59 Å². The average Bonchev–Trinajstić information content (AvgIpc) is 1.99. The molecule has 1 aliphatic rings. The fourth-order valence-electron chi connectivity index (χ4n) is 1.51. The average molecular weight is 212 g/mol. The van der Waals surface area contributed by atoms with Crippen molar-refractivity contribution in [1.29, 1.82) is 0 Å². The van der Waals surface area contributed by atoms with Crippen LogP contribution in [-0.2, 0) is 19.1 Å². The van der Waals surface area contributed by atoms with E-state index in [2.05, 4.69) is 0 Å². The molecule has 0 amide bonds. The number of ether oxygens (including phenoxy) is 2. The van der Waals surface area contributed by atoms with Crippen LogP contribution in [0.2, 0.25) is 0 Å². The van der Waals surface area contributed by atoms with Crippen LogP contribution in [0.25, 0.3) is 0 Å². The number of carbonyl (C=O) groups excluding carboxylic acids is 2. The fraction of sp³-hybridized carbons (Fsp3) is 0.636. The minimum atomic E-state index is -0.520. The summed E-state index contributed by atoms with van der Waals surface area (Å²) >= 11 is 0. The highest BCUT2D eigenvalue weighted by molar-refractivity contribution is 5.92. The molecule has 15 heavy (non-hydrogen) atoms. The highest BCUT2D eigenvalue weighted by Crippen LogP contribution is 2.26. The van der Waals surface area contributed by atoms with Gasteiger partial charge in [0.25, 0.3) is 0 Å². The molecule has 0 aromatic carbocycles. The standard InChI is InChI=1S/C11H16O4/c1-4-14-10(13)6-9-5-8(12)7-11(2,3)15-9/h5H,4,6-7H2,1-3H3. The van der Waals surface area contributed by atoms with Gasteiger partial charge in [0.15, 0.2) is 5.78 Å². The van der Waals surface area contributed by atoms with Crippen molar-refractivity contribution in [1.82, 2.24) is 0 Å². The van der Waals surface area contributed by atoms with Crippen LogP contribution in [0.3, 0.4) is 0 Å². The zero-order valence-corrected chi connectivity index (χ0v) is 9.33. The summed E-state index contributed by atoms with van der Waals surface area (Å²) in [7, 11) is 0. The van der Waals surface area contributed by atoms with E-state index >= 15 is 0 Å². The van der Waals surface area contributed by atoms with Crippen molar-refractivity contribution in [3.63, 3.8) is 0 Å². The minimum absolute atomic E-state index is 0.00875. The van der Waals surface area contributed by atoms with Crippen molar-refractivity contribution in [2.45, 2.75) is 39.2 Å². The molecule has 0 saturated heterocycles. The monoisotopic (exact) mass is 212 g/mol. The first-order valence-corrected chi connectivity index (χ1v) is 5.01. The Hall–Kier alpha value is -1.32. The Kier molecular flexibility index (Phi) is 3.50. The number of hydrogen-bond acceptors (Lipinski definition) is 4. The third-order valence-electron chi connectivity index (χ3n) is 1.95. The maximum atomic E-state index is 11.3. The molecule has 1 rings (SSSR count). The van der Waals surface area contributed by atoms with Crippen LogP contribution < -0.4 is 0 Å². The molecule has 1 aliphatic heterocycles. The van der Waals surface area contributed by atoms with Gasteiger partial charge in [-0.3, -0.25) is 9.59 Å². The summed E-state index contributed by atoms with van der Waals surface area (Å²) in [6.45, 7) is 5.72. The lowest BCUT2D eigenvalue weighted by molar-refractivity contribution is -0.143. The van der Waals surface area contributed by atoms with E-state index in [1.165, 1.54) is 6.08 Å². The van der Waals surface area contributed by atoms with Crippen LogP contribution in [0.1, 0.15) is 33.6 Å². The van der Waals surface area contributed by atoms with Gasteiger partial charge in [-0.05, 0) is 20.8 Å². The van der Waals surface area contributed by atoms with E-state index in [0.717, 1.165) is 0 Å². The van der Waals surface area contributed by atoms with Crippen LogP contribution in [0.4, 0.5) is 0 Å². The Labute approximate surface area is 89.2 Å². The second-order valence-electron chi connectivity index (χ2n) is 4.10. The zero-order valence-electron chi connectivity index (χ0n) is 9.33. The lowest BCUT2D eigenvalue weighted by Gasteiger charge is -2.30. The molecule has 0 N–H and O–H groups in total. The topological polar surface area (TPSA) is 52.6 Å². The van der Waals surface area contributed by atoms with Crippen LogP contribution in [0, 0.1) is 0 Å². The van der Waals surface area contributed by atoms with Gasteiger partial charge < -0.3 is 9.47 Å². The number of rotatable bonds is 3. The molecule has 0 spiro atoms. The minimum Gasteiger partial charge on any atom is -0.491 e. The highest BCUT2D eigenvalue weighted by Gasteiger charge is 2.29. The number of ketones is 1. The van der Waals surface area contributed by atoms with Crippen LogP contribution >= 0.6 is 0 Å². The Bertz CT molecular complexity index is 302. The van der Waals surface area contributed by atoms with E-state index in [1.807, 2.05) is 13.8 Å². The highest BCUT2D eigenvalue weighted by atomic mass is 16.5. The van der Waals surface area contributed by atoms with E-state index < -0.39 is 5.60 Å². The fourth-order valence-corrected chi connectivity index (χ4v) is 1.51. The van der Waals surface area contributed by atoms with Gasteiger partial charge in [-0.15, -0.1) is 0 Å². The normalized spacial score (nSPS) is 19.1. The molecule has 0 unspecified atom stereocenters. The van der Waals surface area contributed by atoms with Crippen molar-refractivity contribution in [3.05, 3.63) is 11.8 Å². The number of allylic oxidation sites excluding steroid dienone is 1. The van der Waals surface area contributed by atoms with Crippen LogP contribution in [0.15, 0.2) is 11.8 Å². The maximum absolute atomic E-state index is 11.3. The Morgan fingerprint density at radius 1 is 1.60 bits per heavy atom. The molecule has 4 nitrogen and oxygen atoms in total. The first-order valence-electron chi connectivity index (χ1n) is 5.01. The Morgan fingerprint density at radius 2 is 2.27 bits per heavy atom. The molecule has 0 atom stereocenters. The molecule has 0 saturated carbocycles. The zero-order chi connectivity index (χ0) is 11.5. The predicted octanol–water partition coefficient (Wildman–Crippen LogP) is 1.59. The van der Waals surface area contributed by atoms with E-state index in [4.69, 9.17) is 9.47 Å². The summed E-state index contributed by atoms with van der Waals surface area (Å²) in [4.78, 5) is 22.5. The summed E-state index contributed by atoms with van der Waals surface area (Å²) in [6, 6.07) is 0. The summed E-state index contributed by atoms with van der Waals surface area (Å²) in [5, 5.41) is 0. The van der Waals surface area contributed by atoms with Gasteiger partial charge in [-0.2, -0.15) is 0 Å². The van der Waals surface area contributed by atoms with Crippen molar-refractivity contribution < 1.29 is 19.1 Å². The number of hydrogen-bond donors (Lipinski definition) is 0. The van der Waals surface area contributed by atoms with E-state index in [-0.39, 0.29) is 18.2 Å². The van der Waals surface area contributed by atoms with Crippen LogP contribution in [-0.4, -0.2) is 24.0 Å². The van der Waals surface area contributed by atoms with Gasteiger partial charge in [-0.1, -0.05) is 0 Å². The van der Waals surface area contributed by atoms with Gasteiger partial charge in [0.2, 0.25) is 0 Å². The second-order valence-corrected chi connectivity index (χ2v) is 4.10. The number of esters is 1. The van der Waals surface area contributed by atoms with E-state index in [1.54, 1.807) is 6.92 Å². The van der Waals surface area contributed by atoms with Gasteiger partial charge in [0.05, 0.1) is 6.61 Å².